The molecule has 0 aliphatic heterocycles. The lowest BCUT2D eigenvalue weighted by Gasteiger charge is -2.20. The van der Waals surface area contributed by atoms with Gasteiger partial charge in [-0.05, 0) is 36.8 Å². The molecule has 1 amide bonds. The van der Waals surface area contributed by atoms with Gasteiger partial charge in [0.05, 0.1) is 11.3 Å². The van der Waals surface area contributed by atoms with Crippen molar-refractivity contribution >= 4 is 17.7 Å². The number of carbonyl (C=O) groups excluding carboxylic acids is 1. The maximum absolute atomic E-state index is 13.8. The Morgan fingerprint density at radius 2 is 1.96 bits per heavy atom. The zero-order valence-corrected chi connectivity index (χ0v) is 15.4. The van der Waals surface area contributed by atoms with Crippen LogP contribution in [0.1, 0.15) is 12.5 Å². The minimum Gasteiger partial charge on any atom is -0.411 e. The van der Waals surface area contributed by atoms with Crippen molar-refractivity contribution in [2.75, 3.05) is 12.3 Å². The van der Waals surface area contributed by atoms with E-state index in [1.54, 1.807) is 35.2 Å². The first kappa shape index (κ1) is 19.0. The van der Waals surface area contributed by atoms with Crippen LogP contribution < -0.4 is 0 Å². The molecule has 27 heavy (non-hydrogen) atoms. The van der Waals surface area contributed by atoms with Crippen LogP contribution in [0, 0.1) is 11.6 Å². The third-order valence-electron chi connectivity index (χ3n) is 3.83. The summed E-state index contributed by atoms with van der Waals surface area (Å²) in [6.45, 7) is 2.66. The normalized spacial score (nSPS) is 10.8. The van der Waals surface area contributed by atoms with E-state index < -0.39 is 5.82 Å². The number of carbonyl (C=O) groups is 1. The van der Waals surface area contributed by atoms with Crippen LogP contribution in [-0.4, -0.2) is 33.3 Å². The molecule has 1 aromatic heterocycles. The molecule has 140 valence electrons. The molecule has 0 N–H and O–H groups in total. The number of thioether (sulfide) groups is 1. The van der Waals surface area contributed by atoms with Crippen molar-refractivity contribution in [3.05, 3.63) is 65.7 Å². The van der Waals surface area contributed by atoms with Gasteiger partial charge in [-0.3, -0.25) is 4.79 Å². The minimum atomic E-state index is -0.457. The summed E-state index contributed by atoms with van der Waals surface area (Å²) in [5.74, 6) is -0.785. The molecular weight excluding hydrogens is 372 g/mol. The Kier molecular flexibility index (Phi) is 6.18. The monoisotopic (exact) mass is 389 g/mol. The zero-order valence-electron chi connectivity index (χ0n) is 14.6. The average Bonchev–Trinajstić information content (AvgIpc) is 3.13. The quantitative estimate of drug-likeness (QED) is 0.568. The Balaban J connectivity index is 1.60. The van der Waals surface area contributed by atoms with Crippen molar-refractivity contribution in [1.29, 1.82) is 0 Å². The van der Waals surface area contributed by atoms with Crippen molar-refractivity contribution in [2.45, 2.75) is 18.7 Å². The molecule has 0 saturated carbocycles. The summed E-state index contributed by atoms with van der Waals surface area (Å²) in [6, 6.07) is 12.2. The molecule has 0 radical (unpaired) electrons. The number of nitrogens with zero attached hydrogens (tertiary/aromatic N) is 3. The van der Waals surface area contributed by atoms with E-state index in [4.69, 9.17) is 4.42 Å². The Morgan fingerprint density at radius 3 is 2.70 bits per heavy atom. The molecule has 0 bridgehead atoms. The first-order valence-corrected chi connectivity index (χ1v) is 9.28. The van der Waals surface area contributed by atoms with E-state index >= 15 is 0 Å². The van der Waals surface area contributed by atoms with E-state index in [9.17, 15) is 13.6 Å². The Hall–Kier alpha value is -2.74. The van der Waals surface area contributed by atoms with Gasteiger partial charge in [0.25, 0.3) is 11.1 Å². The zero-order chi connectivity index (χ0) is 19.2. The van der Waals surface area contributed by atoms with Crippen LogP contribution in [0.5, 0.6) is 0 Å². The van der Waals surface area contributed by atoms with Gasteiger partial charge in [-0.2, -0.15) is 0 Å². The number of amides is 1. The topological polar surface area (TPSA) is 59.2 Å². The summed E-state index contributed by atoms with van der Waals surface area (Å²) in [5.41, 5.74) is 0.930. The number of hydrogen-bond acceptors (Lipinski definition) is 5. The number of rotatable bonds is 7. The molecule has 2 aromatic carbocycles. The van der Waals surface area contributed by atoms with Crippen molar-refractivity contribution in [1.82, 2.24) is 15.1 Å². The van der Waals surface area contributed by atoms with Crippen molar-refractivity contribution in [3.63, 3.8) is 0 Å². The van der Waals surface area contributed by atoms with Crippen LogP contribution >= 0.6 is 11.8 Å². The summed E-state index contributed by atoms with van der Waals surface area (Å²) in [5, 5.41) is 7.85. The molecule has 0 aliphatic carbocycles. The van der Waals surface area contributed by atoms with Crippen LogP contribution in [-0.2, 0) is 11.3 Å². The first-order valence-electron chi connectivity index (χ1n) is 8.30. The van der Waals surface area contributed by atoms with Crippen LogP contribution in [0.3, 0.4) is 0 Å². The lowest BCUT2D eigenvalue weighted by molar-refractivity contribution is -0.128. The fourth-order valence-electron chi connectivity index (χ4n) is 2.46. The first-order chi connectivity index (χ1) is 13.1. The predicted octanol–water partition coefficient (Wildman–Crippen LogP) is 4.16. The van der Waals surface area contributed by atoms with Crippen molar-refractivity contribution < 1.29 is 18.0 Å². The molecule has 8 heteroatoms. The van der Waals surface area contributed by atoms with Gasteiger partial charge in [0.2, 0.25) is 5.91 Å². The lowest BCUT2D eigenvalue weighted by Crippen LogP contribution is -2.31. The number of halogens is 2. The van der Waals surface area contributed by atoms with Gasteiger partial charge in [-0.25, -0.2) is 8.78 Å². The number of benzene rings is 2. The van der Waals surface area contributed by atoms with Gasteiger partial charge < -0.3 is 9.32 Å². The van der Waals surface area contributed by atoms with E-state index in [2.05, 4.69) is 10.2 Å². The summed E-state index contributed by atoms with van der Waals surface area (Å²) >= 11 is 1.08. The molecule has 5 nitrogen and oxygen atoms in total. The second-order valence-electron chi connectivity index (χ2n) is 5.68. The summed E-state index contributed by atoms with van der Waals surface area (Å²) in [4.78, 5) is 14.0. The van der Waals surface area contributed by atoms with E-state index in [1.807, 2.05) is 6.92 Å². The van der Waals surface area contributed by atoms with Crippen molar-refractivity contribution in [3.8, 4) is 11.5 Å². The highest BCUT2D eigenvalue weighted by Gasteiger charge is 2.17. The van der Waals surface area contributed by atoms with E-state index in [0.29, 0.717) is 13.1 Å². The Morgan fingerprint density at radius 1 is 1.15 bits per heavy atom. The van der Waals surface area contributed by atoms with Gasteiger partial charge in [-0.1, -0.05) is 36.0 Å². The number of hydrogen-bond donors (Lipinski definition) is 0. The second-order valence-corrected chi connectivity index (χ2v) is 6.61. The van der Waals surface area contributed by atoms with Crippen molar-refractivity contribution in [2.24, 2.45) is 0 Å². The third kappa shape index (κ3) is 4.91. The summed E-state index contributed by atoms with van der Waals surface area (Å²) in [6.07, 6.45) is 0. The van der Waals surface area contributed by atoms with Gasteiger partial charge in [0, 0.05) is 13.1 Å². The Labute approximate surface area is 159 Å². The molecule has 0 spiro atoms. The molecule has 0 aliphatic rings. The van der Waals surface area contributed by atoms with E-state index in [1.165, 1.54) is 18.2 Å². The molecular formula is C19H17F2N3O2S. The standard InChI is InChI=1S/C19H17F2N3O2S/c1-2-24(11-13-6-5-7-14(20)10-13)17(25)12-27-19-23-22-18(26-19)15-8-3-4-9-16(15)21/h3-10H,2,11-12H2,1H3. The summed E-state index contributed by atoms with van der Waals surface area (Å²) in [7, 11) is 0. The Bertz CT molecular complexity index is 933. The molecule has 3 aromatic rings. The summed E-state index contributed by atoms with van der Waals surface area (Å²) < 4.78 is 32.5. The van der Waals surface area contributed by atoms with Gasteiger partial charge in [0.1, 0.15) is 11.6 Å². The van der Waals surface area contributed by atoms with Crippen LogP contribution in [0.25, 0.3) is 11.5 Å². The number of aromatic nitrogens is 2. The third-order valence-corrected chi connectivity index (χ3v) is 4.63. The highest BCUT2D eigenvalue weighted by molar-refractivity contribution is 7.99. The predicted molar refractivity (Wildman–Crippen MR) is 97.9 cm³/mol. The molecule has 3 rings (SSSR count). The second kappa shape index (κ2) is 8.77. The van der Waals surface area contributed by atoms with Gasteiger partial charge in [-0.15, -0.1) is 10.2 Å². The van der Waals surface area contributed by atoms with Gasteiger partial charge >= 0.3 is 0 Å². The highest BCUT2D eigenvalue weighted by Crippen LogP contribution is 2.25. The smallest absolute Gasteiger partial charge is 0.277 e. The van der Waals surface area contributed by atoms with Crippen LogP contribution in [0.4, 0.5) is 8.78 Å². The fourth-order valence-corrected chi connectivity index (χ4v) is 3.12. The lowest BCUT2D eigenvalue weighted by atomic mass is 10.2. The van der Waals surface area contributed by atoms with Gasteiger partial charge in [0.15, 0.2) is 0 Å². The largest absolute Gasteiger partial charge is 0.411 e. The SMILES string of the molecule is CCN(Cc1cccc(F)c1)C(=O)CSc1nnc(-c2ccccc2F)o1. The van der Waals surface area contributed by atoms with E-state index in [0.717, 1.165) is 17.3 Å². The molecule has 0 atom stereocenters. The maximum Gasteiger partial charge on any atom is 0.277 e. The molecule has 0 fully saturated rings. The average molecular weight is 389 g/mol. The maximum atomic E-state index is 13.8. The molecule has 0 unspecified atom stereocenters. The fraction of sp³-hybridized carbons (Fsp3) is 0.211. The minimum absolute atomic E-state index is 0.0650. The molecule has 1 heterocycles. The van der Waals surface area contributed by atoms with E-state index in [-0.39, 0.29) is 34.2 Å². The molecule has 0 saturated heterocycles. The van der Waals surface area contributed by atoms with Crippen LogP contribution in [0.15, 0.2) is 58.2 Å². The van der Waals surface area contributed by atoms with Crippen LogP contribution in [0.2, 0.25) is 0 Å². The highest BCUT2D eigenvalue weighted by atomic mass is 32.2.